The zero-order valence-electron chi connectivity index (χ0n) is 29.3. The van der Waals surface area contributed by atoms with E-state index >= 15 is 0 Å². The molecule has 0 spiro atoms. The lowest BCUT2D eigenvalue weighted by molar-refractivity contribution is -0.147. The van der Waals surface area contributed by atoms with Crippen molar-refractivity contribution in [3.8, 4) is 22.9 Å². The first-order valence-electron chi connectivity index (χ1n) is 17.5. The minimum Gasteiger partial charge on any atom is -0.496 e. The van der Waals surface area contributed by atoms with Crippen LogP contribution in [-0.4, -0.2) is 95.1 Å². The third-order valence-electron chi connectivity index (χ3n) is 10.4. The van der Waals surface area contributed by atoms with E-state index in [2.05, 4.69) is 15.1 Å². The van der Waals surface area contributed by atoms with Crippen LogP contribution >= 0.6 is 0 Å². The average molecular weight is 721 g/mol. The Morgan fingerprint density at radius 1 is 1.16 bits per heavy atom. The molecule has 15 heteroatoms. The lowest BCUT2D eigenvalue weighted by Crippen LogP contribution is -2.57. The molecule has 7 rings (SSSR count). The topological polar surface area (TPSA) is 171 Å². The summed E-state index contributed by atoms with van der Waals surface area (Å²) >= 11 is 0. The molecule has 14 nitrogen and oxygen atoms in total. The van der Waals surface area contributed by atoms with Gasteiger partial charge in [0.2, 0.25) is 15.9 Å². The number of carbonyl (C=O) groups is 3. The standard InChI is InChI=1S/C36H44N6O8S/c1-21-30(48-4)13-12-26-31(18-27(38-32(21)26)28-14-15-37-41(28)3)50-24-17-29-33(43)39-36(35(45)40-51(46,47)25-10-11-25)19-23(36)9-7-5-6-8-16-49-22(2)34(44)42(29)20-24/h7,9,12-15,18,22-25,29H,5-6,8,10-11,16-17,19-20H2,1-4H3,(H,39,43)(H,40,45)/b9-7-/t22-,23-,24-,29+,36-/m1/s1. The molecule has 2 aliphatic heterocycles. The first-order chi connectivity index (χ1) is 24.4. The van der Waals surface area contributed by atoms with Gasteiger partial charge in [-0.25, -0.2) is 13.4 Å². The summed E-state index contributed by atoms with van der Waals surface area (Å²) in [5.41, 5.74) is 1.45. The Hall–Kier alpha value is -4.50. The highest BCUT2D eigenvalue weighted by molar-refractivity contribution is 7.91. The van der Waals surface area contributed by atoms with E-state index < -0.39 is 50.9 Å². The summed E-state index contributed by atoms with van der Waals surface area (Å²) in [5.74, 6) is -0.877. The number of aromatic nitrogens is 3. The molecule has 2 N–H and O–H groups in total. The number of ether oxygens (including phenoxy) is 3. The fourth-order valence-electron chi connectivity index (χ4n) is 7.17. The van der Waals surface area contributed by atoms with Crippen molar-refractivity contribution < 1.29 is 37.0 Å². The Morgan fingerprint density at radius 3 is 2.69 bits per heavy atom. The van der Waals surface area contributed by atoms with E-state index in [0.717, 1.165) is 35.9 Å². The van der Waals surface area contributed by atoms with Crippen LogP contribution in [0.4, 0.5) is 0 Å². The van der Waals surface area contributed by atoms with Crippen molar-refractivity contribution in [3.63, 3.8) is 0 Å². The van der Waals surface area contributed by atoms with Crippen LogP contribution in [0.3, 0.4) is 0 Å². The largest absolute Gasteiger partial charge is 0.496 e. The Bertz CT molecular complexity index is 2010. The van der Waals surface area contributed by atoms with E-state index in [4.69, 9.17) is 19.2 Å². The maximum atomic E-state index is 14.2. The van der Waals surface area contributed by atoms with Gasteiger partial charge < -0.3 is 24.4 Å². The molecule has 2 saturated carbocycles. The van der Waals surface area contributed by atoms with Crippen molar-refractivity contribution in [2.75, 3.05) is 20.3 Å². The molecule has 3 fully saturated rings. The lowest BCUT2D eigenvalue weighted by atomic mass is 10.1. The van der Waals surface area contributed by atoms with Crippen LogP contribution in [0.25, 0.3) is 22.3 Å². The maximum Gasteiger partial charge on any atom is 0.259 e. The molecule has 4 aliphatic rings. The first-order valence-corrected chi connectivity index (χ1v) is 19.1. The highest BCUT2D eigenvalue weighted by Gasteiger charge is 2.62. The number of fused-ring (bicyclic) bond motifs is 3. The number of methoxy groups -OCH3 is 1. The second-order valence-electron chi connectivity index (χ2n) is 14.0. The molecule has 4 heterocycles. The number of rotatable bonds is 7. The number of hydrogen-bond donors (Lipinski definition) is 2. The summed E-state index contributed by atoms with van der Waals surface area (Å²) in [6.07, 6.45) is 7.71. The Morgan fingerprint density at radius 2 is 1.96 bits per heavy atom. The van der Waals surface area contributed by atoms with Crippen molar-refractivity contribution >= 4 is 38.6 Å². The van der Waals surface area contributed by atoms with Gasteiger partial charge in [0.15, 0.2) is 0 Å². The number of benzene rings is 1. The van der Waals surface area contributed by atoms with Gasteiger partial charge >= 0.3 is 0 Å². The average Bonchev–Trinajstić information content (AvgIpc) is 3.99. The molecular formula is C36H44N6O8S. The van der Waals surface area contributed by atoms with Crippen LogP contribution in [0, 0.1) is 12.8 Å². The molecule has 272 valence electrons. The smallest absolute Gasteiger partial charge is 0.259 e. The minimum atomic E-state index is -3.85. The predicted octanol–water partition coefficient (Wildman–Crippen LogP) is 2.93. The number of sulfonamides is 1. The molecule has 5 atom stereocenters. The van der Waals surface area contributed by atoms with Crippen LogP contribution in [0.5, 0.6) is 11.5 Å². The molecular weight excluding hydrogens is 676 g/mol. The van der Waals surface area contributed by atoms with Gasteiger partial charge in [-0.15, -0.1) is 0 Å². The monoisotopic (exact) mass is 720 g/mol. The third-order valence-corrected chi connectivity index (χ3v) is 12.2. The van der Waals surface area contributed by atoms with E-state index in [1.54, 1.807) is 24.9 Å². The number of aryl methyl sites for hydroxylation is 2. The molecule has 1 saturated heterocycles. The van der Waals surface area contributed by atoms with Crippen molar-refractivity contribution in [3.05, 3.63) is 48.2 Å². The summed E-state index contributed by atoms with van der Waals surface area (Å²) in [4.78, 5) is 48.2. The van der Waals surface area contributed by atoms with Crippen LogP contribution in [0.1, 0.15) is 57.4 Å². The molecule has 0 unspecified atom stereocenters. The number of pyridine rings is 1. The van der Waals surface area contributed by atoms with Crippen molar-refractivity contribution in [2.45, 2.75) is 87.8 Å². The molecule has 3 amide bonds. The highest BCUT2D eigenvalue weighted by atomic mass is 32.2. The number of carbonyl (C=O) groups excluding carboxylic acids is 3. The summed E-state index contributed by atoms with van der Waals surface area (Å²) in [6.45, 7) is 4.06. The normalized spacial score (nSPS) is 27.8. The van der Waals surface area contributed by atoms with Gasteiger partial charge in [0.05, 0.1) is 35.8 Å². The zero-order chi connectivity index (χ0) is 36.1. The highest BCUT2D eigenvalue weighted by Crippen LogP contribution is 2.46. The van der Waals surface area contributed by atoms with Gasteiger partial charge in [-0.05, 0) is 70.6 Å². The quantitative estimate of drug-likeness (QED) is 0.346. The Labute approximate surface area is 296 Å². The van der Waals surface area contributed by atoms with Crippen molar-refractivity contribution in [2.24, 2.45) is 13.0 Å². The molecule has 0 bridgehead atoms. The number of nitrogens with one attached hydrogen (secondary N) is 2. The van der Waals surface area contributed by atoms with Gasteiger partial charge in [-0.2, -0.15) is 5.10 Å². The van der Waals surface area contributed by atoms with Gasteiger partial charge in [0, 0.05) is 49.2 Å². The maximum absolute atomic E-state index is 14.2. The number of amides is 3. The number of hydrogen-bond acceptors (Lipinski definition) is 10. The van der Waals surface area contributed by atoms with E-state index in [9.17, 15) is 22.8 Å². The van der Waals surface area contributed by atoms with Gasteiger partial charge in [-0.3, -0.25) is 23.8 Å². The van der Waals surface area contributed by atoms with E-state index in [1.807, 2.05) is 50.4 Å². The van der Waals surface area contributed by atoms with Gasteiger partial charge in [-0.1, -0.05) is 12.2 Å². The van der Waals surface area contributed by atoms with Crippen molar-refractivity contribution in [1.82, 2.24) is 29.7 Å². The Balaban J connectivity index is 1.21. The van der Waals surface area contributed by atoms with Crippen molar-refractivity contribution in [1.29, 1.82) is 0 Å². The van der Waals surface area contributed by atoms with E-state index in [-0.39, 0.29) is 31.2 Å². The molecule has 2 aromatic heterocycles. The summed E-state index contributed by atoms with van der Waals surface area (Å²) in [7, 11) is -0.426. The lowest BCUT2D eigenvalue weighted by Gasteiger charge is -2.28. The summed E-state index contributed by atoms with van der Waals surface area (Å²) in [5, 5.41) is 7.34. The molecule has 3 aromatic rings. The first kappa shape index (κ1) is 34.9. The molecule has 51 heavy (non-hydrogen) atoms. The summed E-state index contributed by atoms with van der Waals surface area (Å²) < 4.78 is 47.7. The summed E-state index contributed by atoms with van der Waals surface area (Å²) in [6, 6.07) is 6.40. The molecule has 0 radical (unpaired) electrons. The van der Waals surface area contributed by atoms with E-state index in [1.165, 1.54) is 4.90 Å². The van der Waals surface area contributed by atoms with Gasteiger partial charge in [0.25, 0.3) is 11.8 Å². The second kappa shape index (κ2) is 13.6. The third kappa shape index (κ3) is 6.80. The molecule has 1 aromatic carbocycles. The SMILES string of the molecule is COc1ccc2c(O[C@@H]3C[C@H]4C(=O)N[C@]5(C(=O)NS(=O)(=O)C6CC6)C[C@H]5/C=C\CCCCO[C@H](C)C(=O)N4C3)cc(-c3ccnn3C)nc2c1C. The van der Waals surface area contributed by atoms with Crippen LogP contribution in [0.2, 0.25) is 0 Å². The minimum absolute atomic E-state index is 0.0865. The fraction of sp³-hybridized carbons (Fsp3) is 0.528. The zero-order valence-corrected chi connectivity index (χ0v) is 30.1. The van der Waals surface area contributed by atoms with E-state index in [0.29, 0.717) is 42.2 Å². The Kier molecular flexibility index (Phi) is 9.29. The molecule has 2 aliphatic carbocycles. The number of allylic oxidation sites excluding steroid dienone is 1. The number of nitrogens with zero attached hydrogens (tertiary/aromatic N) is 4. The predicted molar refractivity (Wildman–Crippen MR) is 187 cm³/mol. The second-order valence-corrected chi connectivity index (χ2v) is 16.0. The van der Waals surface area contributed by atoms with Crippen LogP contribution in [0.15, 0.2) is 42.6 Å². The van der Waals surface area contributed by atoms with Crippen LogP contribution < -0.4 is 19.5 Å². The van der Waals surface area contributed by atoms with Crippen LogP contribution in [-0.2, 0) is 36.2 Å². The van der Waals surface area contributed by atoms with Gasteiger partial charge in [0.1, 0.15) is 35.3 Å². The fourth-order valence-corrected chi connectivity index (χ4v) is 8.53.